The average Bonchev–Trinajstić information content (AvgIpc) is 3.04. The van der Waals surface area contributed by atoms with E-state index in [-0.39, 0.29) is 39.6 Å². The fourth-order valence-corrected chi connectivity index (χ4v) is 6.38. The molecule has 0 aromatic heterocycles. The molecular formula is C32H39Cl2N3O8S. The van der Waals surface area contributed by atoms with Crippen LogP contribution in [0.25, 0.3) is 0 Å². The molecule has 0 radical (unpaired) electrons. The highest BCUT2D eigenvalue weighted by Crippen LogP contribution is 2.38. The van der Waals surface area contributed by atoms with E-state index in [1.54, 1.807) is 25.1 Å². The van der Waals surface area contributed by atoms with E-state index < -0.39 is 34.4 Å². The van der Waals surface area contributed by atoms with Crippen molar-refractivity contribution in [1.29, 1.82) is 0 Å². The second-order valence-corrected chi connectivity index (χ2v) is 13.3. The van der Waals surface area contributed by atoms with Gasteiger partial charge in [-0.15, -0.1) is 0 Å². The molecule has 3 aromatic rings. The molecule has 46 heavy (non-hydrogen) atoms. The molecule has 0 aliphatic carbocycles. The summed E-state index contributed by atoms with van der Waals surface area (Å²) < 4.78 is 51.2. The van der Waals surface area contributed by atoms with E-state index in [4.69, 9.17) is 42.1 Å². The summed E-state index contributed by atoms with van der Waals surface area (Å²) in [5.74, 6) is 0.0214. The van der Waals surface area contributed by atoms with Gasteiger partial charge >= 0.3 is 0 Å². The molecule has 250 valence electrons. The summed E-state index contributed by atoms with van der Waals surface area (Å²) in [7, 11) is 1.14. The number of carbonyl (C=O) groups is 2. The first kappa shape index (κ1) is 36.6. The molecule has 1 unspecified atom stereocenters. The van der Waals surface area contributed by atoms with Crippen LogP contribution in [-0.2, 0) is 26.2 Å². The van der Waals surface area contributed by atoms with Crippen molar-refractivity contribution in [3.8, 4) is 23.0 Å². The Kier molecular flexibility index (Phi) is 12.8. The summed E-state index contributed by atoms with van der Waals surface area (Å²) in [6.07, 6.45) is 0. The van der Waals surface area contributed by atoms with Crippen molar-refractivity contribution in [2.75, 3.05) is 45.8 Å². The topological polar surface area (TPSA) is 124 Å². The van der Waals surface area contributed by atoms with Gasteiger partial charge in [-0.05, 0) is 54.8 Å². The quantitative estimate of drug-likeness (QED) is 0.224. The van der Waals surface area contributed by atoms with Crippen molar-refractivity contribution in [2.24, 2.45) is 5.92 Å². The first-order valence-electron chi connectivity index (χ1n) is 14.2. The summed E-state index contributed by atoms with van der Waals surface area (Å²) in [6, 6.07) is 12.4. The lowest BCUT2D eigenvalue weighted by Gasteiger charge is -2.32. The maximum atomic E-state index is 14.4. The Labute approximate surface area is 280 Å². The number of sulfonamides is 1. The highest BCUT2D eigenvalue weighted by molar-refractivity contribution is 7.92. The number of carbonyl (C=O) groups excluding carboxylic acids is 2. The minimum atomic E-state index is -4.48. The Hall–Kier alpha value is -3.87. The third-order valence-electron chi connectivity index (χ3n) is 7.08. The average molecular weight is 697 g/mol. The Morgan fingerprint density at radius 2 is 1.48 bits per heavy atom. The zero-order chi connectivity index (χ0) is 34.2. The van der Waals surface area contributed by atoms with E-state index in [1.165, 1.54) is 69.7 Å². The van der Waals surface area contributed by atoms with Gasteiger partial charge in [-0.2, -0.15) is 0 Å². The van der Waals surface area contributed by atoms with Crippen LogP contribution in [0.3, 0.4) is 0 Å². The SMILES string of the molecule is COc1ccc(OC)c(N(CC(=O)N(Cc2ccc(Cl)cc2Cl)C(C)C(=O)NCC(C)C)S(=O)(=O)c2ccc(OC)c(OC)c2)c1. The lowest BCUT2D eigenvalue weighted by molar-refractivity contribution is -0.139. The van der Waals surface area contributed by atoms with Gasteiger partial charge in [0.1, 0.15) is 24.1 Å². The minimum Gasteiger partial charge on any atom is -0.497 e. The summed E-state index contributed by atoms with van der Waals surface area (Å²) in [4.78, 5) is 28.7. The molecule has 11 nitrogen and oxygen atoms in total. The predicted octanol–water partition coefficient (Wildman–Crippen LogP) is 5.41. The summed E-state index contributed by atoms with van der Waals surface area (Å²) in [5.41, 5.74) is 0.544. The van der Waals surface area contributed by atoms with Crippen LogP contribution in [-0.4, -0.2) is 72.7 Å². The zero-order valence-corrected chi connectivity index (χ0v) is 29.1. The first-order valence-corrected chi connectivity index (χ1v) is 16.4. The zero-order valence-electron chi connectivity index (χ0n) is 26.8. The highest BCUT2D eigenvalue weighted by Gasteiger charge is 2.35. The van der Waals surface area contributed by atoms with E-state index in [9.17, 15) is 18.0 Å². The van der Waals surface area contributed by atoms with Crippen molar-refractivity contribution in [3.63, 3.8) is 0 Å². The van der Waals surface area contributed by atoms with Gasteiger partial charge in [0.05, 0.1) is 39.0 Å². The van der Waals surface area contributed by atoms with Gasteiger partial charge in [0.2, 0.25) is 11.8 Å². The molecule has 0 aliphatic rings. The Bertz CT molecular complexity index is 1650. The van der Waals surface area contributed by atoms with E-state index in [1.807, 2.05) is 13.8 Å². The third-order valence-corrected chi connectivity index (χ3v) is 9.43. The van der Waals surface area contributed by atoms with Gasteiger partial charge in [0, 0.05) is 35.3 Å². The molecule has 0 heterocycles. The standard InChI is InChI=1S/C32H39Cl2N3O8S/c1-20(2)17-35-32(39)21(3)36(18-22-8-9-23(33)14-26(22)34)31(38)19-37(27-15-24(42-4)10-12-28(27)43-5)46(40,41)25-11-13-29(44-6)30(16-25)45-7/h8-16,20-21H,17-19H2,1-7H3,(H,35,39). The number of hydrogen-bond donors (Lipinski definition) is 1. The van der Waals surface area contributed by atoms with Crippen LogP contribution in [0.1, 0.15) is 26.3 Å². The second kappa shape index (κ2) is 16.1. The number of hydrogen-bond acceptors (Lipinski definition) is 8. The summed E-state index contributed by atoms with van der Waals surface area (Å²) >= 11 is 12.6. The fourth-order valence-electron chi connectivity index (χ4n) is 4.48. The summed E-state index contributed by atoms with van der Waals surface area (Å²) in [5, 5.41) is 3.52. The van der Waals surface area contributed by atoms with Gasteiger partial charge in [0.15, 0.2) is 11.5 Å². The Morgan fingerprint density at radius 1 is 0.826 bits per heavy atom. The number of amides is 2. The van der Waals surface area contributed by atoms with Gasteiger partial charge in [-0.3, -0.25) is 13.9 Å². The van der Waals surface area contributed by atoms with Crippen LogP contribution in [0.15, 0.2) is 59.5 Å². The molecule has 0 spiro atoms. The number of halogens is 2. The van der Waals surface area contributed by atoms with Crippen molar-refractivity contribution < 1.29 is 37.0 Å². The Balaban J connectivity index is 2.18. The number of rotatable bonds is 15. The van der Waals surface area contributed by atoms with Crippen molar-refractivity contribution in [3.05, 3.63) is 70.2 Å². The lowest BCUT2D eigenvalue weighted by atomic mass is 10.1. The first-order chi connectivity index (χ1) is 21.8. The molecule has 0 saturated carbocycles. The normalized spacial score (nSPS) is 11.9. The van der Waals surface area contributed by atoms with Gasteiger partial charge in [-0.1, -0.05) is 43.1 Å². The second-order valence-electron chi connectivity index (χ2n) is 10.6. The number of nitrogens with one attached hydrogen (secondary N) is 1. The van der Waals surface area contributed by atoms with Crippen molar-refractivity contribution in [1.82, 2.24) is 10.2 Å². The molecule has 3 rings (SSSR count). The van der Waals surface area contributed by atoms with E-state index in [0.29, 0.717) is 28.6 Å². The molecule has 3 aromatic carbocycles. The van der Waals surface area contributed by atoms with E-state index >= 15 is 0 Å². The molecule has 14 heteroatoms. The monoisotopic (exact) mass is 695 g/mol. The molecule has 0 bridgehead atoms. The summed E-state index contributed by atoms with van der Waals surface area (Å²) in [6.45, 7) is 5.02. The largest absolute Gasteiger partial charge is 0.497 e. The van der Waals surface area contributed by atoms with Crippen molar-refractivity contribution in [2.45, 2.75) is 38.3 Å². The molecule has 0 aliphatic heterocycles. The van der Waals surface area contributed by atoms with Crippen LogP contribution < -0.4 is 28.6 Å². The highest BCUT2D eigenvalue weighted by atomic mass is 35.5. The number of nitrogens with zero attached hydrogens (tertiary/aromatic N) is 2. The number of benzene rings is 3. The molecule has 0 saturated heterocycles. The molecule has 1 atom stereocenters. The maximum absolute atomic E-state index is 14.4. The molecular weight excluding hydrogens is 657 g/mol. The van der Waals surface area contributed by atoms with Crippen LogP contribution in [0.4, 0.5) is 5.69 Å². The molecule has 2 amide bonds. The van der Waals surface area contributed by atoms with Crippen LogP contribution in [0.5, 0.6) is 23.0 Å². The van der Waals surface area contributed by atoms with Gasteiger partial charge in [0.25, 0.3) is 10.0 Å². The van der Waals surface area contributed by atoms with Crippen LogP contribution in [0, 0.1) is 5.92 Å². The predicted molar refractivity (Wildman–Crippen MR) is 178 cm³/mol. The fraction of sp³-hybridized carbons (Fsp3) is 0.375. The number of anilines is 1. The smallest absolute Gasteiger partial charge is 0.265 e. The van der Waals surface area contributed by atoms with Crippen LogP contribution in [0.2, 0.25) is 10.0 Å². The molecule has 1 N–H and O–H groups in total. The lowest BCUT2D eigenvalue weighted by Crippen LogP contribution is -2.51. The van der Waals surface area contributed by atoms with Crippen LogP contribution >= 0.6 is 23.2 Å². The van der Waals surface area contributed by atoms with E-state index in [2.05, 4.69) is 5.32 Å². The third kappa shape index (κ3) is 8.68. The van der Waals surface area contributed by atoms with Gasteiger partial charge < -0.3 is 29.2 Å². The number of methoxy groups -OCH3 is 4. The maximum Gasteiger partial charge on any atom is 0.265 e. The molecule has 0 fully saturated rings. The number of ether oxygens (including phenoxy) is 4. The Morgan fingerprint density at radius 3 is 2.07 bits per heavy atom. The van der Waals surface area contributed by atoms with E-state index in [0.717, 1.165) is 4.31 Å². The van der Waals surface area contributed by atoms with Crippen molar-refractivity contribution >= 4 is 50.7 Å². The minimum absolute atomic E-state index is 0.0337. The van der Waals surface area contributed by atoms with Gasteiger partial charge in [-0.25, -0.2) is 8.42 Å².